The molecule has 0 radical (unpaired) electrons. The number of likely N-dealkylation sites (N-methyl/N-ethyl adjacent to an activating group) is 1. The van der Waals surface area contributed by atoms with Gasteiger partial charge in [0.1, 0.15) is 0 Å². The van der Waals surface area contributed by atoms with Gasteiger partial charge in [-0.2, -0.15) is 0 Å². The first-order valence-corrected chi connectivity index (χ1v) is 7.15. The summed E-state index contributed by atoms with van der Waals surface area (Å²) >= 11 is 0. The molecule has 0 spiro atoms. The van der Waals surface area contributed by atoms with Crippen molar-refractivity contribution in [1.29, 1.82) is 0 Å². The molecule has 1 unspecified atom stereocenters. The van der Waals surface area contributed by atoms with E-state index >= 15 is 0 Å². The van der Waals surface area contributed by atoms with Crippen molar-refractivity contribution < 1.29 is 4.79 Å². The summed E-state index contributed by atoms with van der Waals surface area (Å²) in [4.78, 5) is 14.4. The maximum atomic E-state index is 12.2. The third-order valence-corrected chi connectivity index (χ3v) is 3.40. The molecular weight excluding hydrogens is 262 g/mol. The fourth-order valence-corrected chi connectivity index (χ4v) is 2.59. The summed E-state index contributed by atoms with van der Waals surface area (Å²) in [5.41, 5.74) is 0. The van der Waals surface area contributed by atoms with Gasteiger partial charge in [0, 0.05) is 18.5 Å². The van der Waals surface area contributed by atoms with Gasteiger partial charge in [-0.15, -0.1) is 12.4 Å². The Bertz CT molecular complexity index is 243. The van der Waals surface area contributed by atoms with Gasteiger partial charge in [0.15, 0.2) is 0 Å². The van der Waals surface area contributed by atoms with Gasteiger partial charge in [-0.3, -0.25) is 4.79 Å². The molecule has 0 aromatic heterocycles. The van der Waals surface area contributed by atoms with Crippen LogP contribution in [0.3, 0.4) is 0 Å². The normalized spacial score (nSPS) is 18.2. The smallest absolute Gasteiger partial charge is 0.223 e. The third kappa shape index (κ3) is 7.75. The largest absolute Gasteiger partial charge is 0.352 e. The van der Waals surface area contributed by atoms with Crippen molar-refractivity contribution in [3.63, 3.8) is 0 Å². The molecule has 2 N–H and O–H groups in total. The summed E-state index contributed by atoms with van der Waals surface area (Å²) in [6.45, 7) is 7.29. The molecule has 0 saturated carbocycles. The zero-order valence-electron chi connectivity index (χ0n) is 12.7. The number of carbonyl (C=O) groups is 1. The van der Waals surface area contributed by atoms with E-state index < -0.39 is 0 Å². The highest BCUT2D eigenvalue weighted by Gasteiger charge is 2.23. The average Bonchev–Trinajstić information content (AvgIpc) is 2.28. The van der Waals surface area contributed by atoms with Crippen LogP contribution in [-0.4, -0.2) is 50.6 Å². The van der Waals surface area contributed by atoms with E-state index in [0.717, 1.165) is 38.9 Å². The summed E-state index contributed by atoms with van der Waals surface area (Å²) in [6, 6.07) is 0.280. The average molecular weight is 292 g/mol. The lowest BCUT2D eigenvalue weighted by Gasteiger charge is -2.28. The molecule has 1 atom stereocenters. The highest BCUT2D eigenvalue weighted by molar-refractivity contribution is 5.85. The number of piperidine rings is 1. The van der Waals surface area contributed by atoms with Gasteiger partial charge in [0.05, 0.1) is 0 Å². The molecule has 0 aromatic carbocycles. The minimum atomic E-state index is 0. The van der Waals surface area contributed by atoms with Gasteiger partial charge < -0.3 is 15.5 Å². The number of hydrogen-bond donors (Lipinski definition) is 2. The molecule has 0 aliphatic carbocycles. The van der Waals surface area contributed by atoms with Crippen molar-refractivity contribution in [2.75, 3.05) is 33.7 Å². The van der Waals surface area contributed by atoms with E-state index in [9.17, 15) is 4.79 Å². The molecule has 1 heterocycles. The number of rotatable bonds is 6. The number of nitrogens with one attached hydrogen (secondary N) is 2. The fraction of sp³-hybridized carbons (Fsp3) is 0.929. The molecule has 19 heavy (non-hydrogen) atoms. The van der Waals surface area contributed by atoms with Gasteiger partial charge in [-0.05, 0) is 52.4 Å². The van der Waals surface area contributed by atoms with Gasteiger partial charge in [-0.25, -0.2) is 0 Å². The van der Waals surface area contributed by atoms with E-state index in [1.54, 1.807) is 0 Å². The number of nitrogens with zero attached hydrogens (tertiary/aromatic N) is 1. The van der Waals surface area contributed by atoms with E-state index in [2.05, 4.69) is 43.5 Å². The summed E-state index contributed by atoms with van der Waals surface area (Å²) in [7, 11) is 4.12. The zero-order chi connectivity index (χ0) is 13.5. The minimum absolute atomic E-state index is 0. The maximum Gasteiger partial charge on any atom is 0.223 e. The first kappa shape index (κ1) is 18.7. The number of hydrogen-bond acceptors (Lipinski definition) is 3. The van der Waals surface area contributed by atoms with Crippen LogP contribution in [0.5, 0.6) is 0 Å². The SMILES string of the molecule is CC(C)CC(CN(C)C)NC(=O)C1CCNCC1.Cl. The Hall–Kier alpha value is -0.320. The molecule has 114 valence electrons. The molecule has 0 aromatic rings. The van der Waals surface area contributed by atoms with E-state index in [4.69, 9.17) is 0 Å². The Labute approximate surface area is 124 Å². The van der Waals surface area contributed by atoms with Gasteiger partial charge in [0.2, 0.25) is 5.91 Å². The molecule has 1 saturated heterocycles. The topological polar surface area (TPSA) is 44.4 Å². The first-order valence-electron chi connectivity index (χ1n) is 7.15. The van der Waals surface area contributed by atoms with Crippen LogP contribution in [0.1, 0.15) is 33.1 Å². The molecule has 1 rings (SSSR count). The monoisotopic (exact) mass is 291 g/mol. The summed E-state index contributed by atoms with van der Waals surface area (Å²) in [5, 5.41) is 6.54. The van der Waals surface area contributed by atoms with Crippen molar-refractivity contribution in [3.8, 4) is 0 Å². The first-order chi connectivity index (χ1) is 8.49. The van der Waals surface area contributed by atoms with Crippen molar-refractivity contribution in [3.05, 3.63) is 0 Å². The maximum absolute atomic E-state index is 12.2. The second-order valence-corrected chi connectivity index (χ2v) is 6.12. The van der Waals surface area contributed by atoms with Crippen LogP contribution in [0.2, 0.25) is 0 Å². The highest BCUT2D eigenvalue weighted by atomic mass is 35.5. The lowest BCUT2D eigenvalue weighted by atomic mass is 9.96. The molecular formula is C14H30ClN3O. The molecule has 5 heteroatoms. The quantitative estimate of drug-likeness (QED) is 0.779. The van der Waals surface area contributed by atoms with E-state index in [1.807, 2.05) is 0 Å². The summed E-state index contributed by atoms with van der Waals surface area (Å²) < 4.78 is 0. The van der Waals surface area contributed by atoms with E-state index in [1.165, 1.54) is 0 Å². The Morgan fingerprint density at radius 1 is 1.32 bits per heavy atom. The minimum Gasteiger partial charge on any atom is -0.352 e. The summed E-state index contributed by atoms with van der Waals surface area (Å²) in [5.74, 6) is 1.08. The van der Waals surface area contributed by atoms with Crippen LogP contribution >= 0.6 is 12.4 Å². The van der Waals surface area contributed by atoms with Crippen LogP contribution in [-0.2, 0) is 4.79 Å². The Morgan fingerprint density at radius 2 is 1.89 bits per heavy atom. The zero-order valence-corrected chi connectivity index (χ0v) is 13.6. The molecule has 1 amide bonds. The van der Waals surface area contributed by atoms with Crippen LogP contribution in [0, 0.1) is 11.8 Å². The van der Waals surface area contributed by atoms with Gasteiger partial charge >= 0.3 is 0 Å². The molecule has 1 aliphatic heterocycles. The van der Waals surface area contributed by atoms with Gasteiger partial charge in [0.25, 0.3) is 0 Å². The van der Waals surface area contributed by atoms with E-state index in [-0.39, 0.29) is 30.3 Å². The van der Waals surface area contributed by atoms with Gasteiger partial charge in [-0.1, -0.05) is 13.8 Å². The van der Waals surface area contributed by atoms with Crippen LogP contribution in [0.15, 0.2) is 0 Å². The second-order valence-electron chi connectivity index (χ2n) is 6.12. The number of amides is 1. The van der Waals surface area contributed by atoms with Crippen LogP contribution < -0.4 is 10.6 Å². The second kappa shape index (κ2) is 9.56. The van der Waals surface area contributed by atoms with Crippen molar-refractivity contribution in [2.45, 2.75) is 39.2 Å². The fourth-order valence-electron chi connectivity index (χ4n) is 2.59. The molecule has 0 bridgehead atoms. The Balaban J connectivity index is 0.00000324. The molecule has 4 nitrogen and oxygen atoms in total. The Kier molecular flexibility index (Phi) is 9.40. The van der Waals surface area contributed by atoms with Crippen LogP contribution in [0.4, 0.5) is 0 Å². The van der Waals surface area contributed by atoms with Crippen molar-refractivity contribution in [2.24, 2.45) is 11.8 Å². The lowest BCUT2D eigenvalue weighted by Crippen LogP contribution is -2.46. The van der Waals surface area contributed by atoms with E-state index in [0.29, 0.717) is 5.92 Å². The third-order valence-electron chi connectivity index (χ3n) is 3.40. The van der Waals surface area contributed by atoms with Crippen molar-refractivity contribution in [1.82, 2.24) is 15.5 Å². The highest BCUT2D eigenvalue weighted by Crippen LogP contribution is 2.13. The van der Waals surface area contributed by atoms with Crippen LogP contribution in [0.25, 0.3) is 0 Å². The Morgan fingerprint density at radius 3 is 2.37 bits per heavy atom. The predicted molar refractivity (Wildman–Crippen MR) is 82.8 cm³/mol. The standard InChI is InChI=1S/C14H29N3O.ClH/c1-11(2)9-13(10-17(3)4)16-14(18)12-5-7-15-8-6-12;/h11-13,15H,5-10H2,1-4H3,(H,16,18);1H. The molecule has 1 aliphatic rings. The predicted octanol–water partition coefficient (Wildman–Crippen LogP) is 1.50. The lowest BCUT2D eigenvalue weighted by molar-refractivity contribution is -0.126. The number of carbonyl (C=O) groups excluding carboxylic acids is 1. The van der Waals surface area contributed by atoms with Crippen molar-refractivity contribution >= 4 is 18.3 Å². The summed E-state index contributed by atoms with van der Waals surface area (Å²) in [6.07, 6.45) is 3.00. The molecule has 1 fully saturated rings. The number of halogens is 1.